The largest absolute Gasteiger partial charge is 0.350 e. The number of amides is 1. The van der Waals surface area contributed by atoms with E-state index < -0.39 is 0 Å². The Hall–Kier alpha value is -2.92. The van der Waals surface area contributed by atoms with Crippen molar-refractivity contribution in [2.24, 2.45) is 0 Å². The molecule has 26 heavy (non-hydrogen) atoms. The number of hydrogen-bond donors (Lipinski definition) is 1. The summed E-state index contributed by atoms with van der Waals surface area (Å²) < 4.78 is 0. The standard InChI is InChI=1S/C20H19ClN4O/c1-25(14-16-5-3-2-4-6-16)19(26)18-11-12-22-20(24-18)23-13-15-7-9-17(21)10-8-15/h2-12H,13-14H2,1H3,(H,22,23,24). The van der Waals surface area contributed by atoms with E-state index in [0.29, 0.717) is 29.8 Å². The smallest absolute Gasteiger partial charge is 0.272 e. The van der Waals surface area contributed by atoms with Gasteiger partial charge in [-0.15, -0.1) is 0 Å². The Morgan fingerprint density at radius 2 is 1.77 bits per heavy atom. The van der Waals surface area contributed by atoms with Gasteiger partial charge < -0.3 is 10.2 Å². The van der Waals surface area contributed by atoms with Crippen LogP contribution in [-0.4, -0.2) is 27.8 Å². The van der Waals surface area contributed by atoms with Crippen LogP contribution in [0.15, 0.2) is 66.9 Å². The quantitative estimate of drug-likeness (QED) is 0.716. The Bertz CT molecular complexity index is 868. The van der Waals surface area contributed by atoms with Crippen LogP contribution in [-0.2, 0) is 13.1 Å². The SMILES string of the molecule is CN(Cc1ccccc1)C(=O)c1ccnc(NCc2ccc(Cl)cc2)n1. The predicted octanol–water partition coefficient (Wildman–Crippen LogP) is 4.01. The highest BCUT2D eigenvalue weighted by Gasteiger charge is 2.14. The first-order valence-corrected chi connectivity index (χ1v) is 8.60. The van der Waals surface area contributed by atoms with Gasteiger partial charge in [-0.2, -0.15) is 0 Å². The van der Waals surface area contributed by atoms with Crippen molar-refractivity contribution in [3.63, 3.8) is 0 Å². The highest BCUT2D eigenvalue weighted by atomic mass is 35.5. The maximum Gasteiger partial charge on any atom is 0.272 e. The monoisotopic (exact) mass is 366 g/mol. The van der Waals surface area contributed by atoms with Crippen LogP contribution in [0, 0.1) is 0 Å². The van der Waals surface area contributed by atoms with Crippen LogP contribution in [0.3, 0.4) is 0 Å². The van der Waals surface area contributed by atoms with Crippen LogP contribution in [0.25, 0.3) is 0 Å². The molecule has 0 aliphatic rings. The zero-order chi connectivity index (χ0) is 18.4. The highest BCUT2D eigenvalue weighted by Crippen LogP contribution is 2.12. The molecule has 0 saturated carbocycles. The van der Waals surface area contributed by atoms with Crippen molar-refractivity contribution in [3.05, 3.63) is 88.7 Å². The van der Waals surface area contributed by atoms with Crippen molar-refractivity contribution in [1.82, 2.24) is 14.9 Å². The van der Waals surface area contributed by atoms with Crippen LogP contribution in [0.1, 0.15) is 21.6 Å². The van der Waals surface area contributed by atoms with E-state index in [1.54, 1.807) is 24.2 Å². The molecule has 3 rings (SSSR count). The molecule has 6 heteroatoms. The van der Waals surface area contributed by atoms with Crippen molar-refractivity contribution in [3.8, 4) is 0 Å². The molecule has 0 unspecified atom stereocenters. The Kier molecular flexibility index (Phi) is 5.81. The number of anilines is 1. The Morgan fingerprint density at radius 1 is 1.04 bits per heavy atom. The maximum absolute atomic E-state index is 12.6. The van der Waals surface area contributed by atoms with Gasteiger partial charge in [-0.3, -0.25) is 4.79 Å². The lowest BCUT2D eigenvalue weighted by molar-refractivity contribution is 0.0779. The maximum atomic E-state index is 12.6. The zero-order valence-corrected chi connectivity index (χ0v) is 15.1. The molecule has 132 valence electrons. The molecule has 1 aromatic heterocycles. The topological polar surface area (TPSA) is 58.1 Å². The summed E-state index contributed by atoms with van der Waals surface area (Å²) in [5.74, 6) is 0.268. The van der Waals surface area contributed by atoms with E-state index in [2.05, 4.69) is 15.3 Å². The molecule has 2 aromatic carbocycles. The summed E-state index contributed by atoms with van der Waals surface area (Å²) in [6.07, 6.45) is 1.58. The van der Waals surface area contributed by atoms with E-state index in [0.717, 1.165) is 11.1 Å². The van der Waals surface area contributed by atoms with Crippen LogP contribution < -0.4 is 5.32 Å². The molecule has 5 nitrogen and oxygen atoms in total. The normalized spacial score (nSPS) is 10.4. The molecule has 1 N–H and O–H groups in total. The average molecular weight is 367 g/mol. The van der Waals surface area contributed by atoms with E-state index in [1.165, 1.54) is 0 Å². The third-order valence-electron chi connectivity index (χ3n) is 3.85. The van der Waals surface area contributed by atoms with Gasteiger partial charge in [-0.1, -0.05) is 54.1 Å². The summed E-state index contributed by atoms with van der Waals surface area (Å²) in [5, 5.41) is 3.82. The second kappa shape index (κ2) is 8.45. The van der Waals surface area contributed by atoms with Gasteiger partial charge in [0.1, 0.15) is 5.69 Å². The van der Waals surface area contributed by atoms with Crippen LogP contribution >= 0.6 is 11.6 Å². The number of hydrogen-bond acceptors (Lipinski definition) is 4. The molecule has 0 aliphatic heterocycles. The fourth-order valence-corrected chi connectivity index (χ4v) is 2.60. The summed E-state index contributed by atoms with van der Waals surface area (Å²) >= 11 is 5.88. The number of nitrogens with one attached hydrogen (secondary N) is 1. The number of nitrogens with zero attached hydrogens (tertiary/aromatic N) is 3. The highest BCUT2D eigenvalue weighted by molar-refractivity contribution is 6.30. The third-order valence-corrected chi connectivity index (χ3v) is 4.10. The molecule has 0 atom stereocenters. The average Bonchev–Trinajstić information content (AvgIpc) is 2.68. The molecule has 3 aromatic rings. The molecule has 0 bridgehead atoms. The van der Waals surface area contributed by atoms with Crippen LogP contribution in [0.2, 0.25) is 5.02 Å². The van der Waals surface area contributed by atoms with Gasteiger partial charge in [0.05, 0.1) is 0 Å². The number of carbonyl (C=O) groups is 1. The number of halogens is 1. The first-order valence-electron chi connectivity index (χ1n) is 8.22. The number of benzene rings is 2. The molecule has 0 radical (unpaired) electrons. The third kappa shape index (κ3) is 4.80. The lowest BCUT2D eigenvalue weighted by Crippen LogP contribution is -2.27. The molecule has 1 amide bonds. The van der Waals surface area contributed by atoms with Crippen molar-refractivity contribution < 1.29 is 4.79 Å². The number of carbonyl (C=O) groups excluding carboxylic acids is 1. The van der Waals surface area contributed by atoms with E-state index in [9.17, 15) is 4.79 Å². The lowest BCUT2D eigenvalue weighted by Gasteiger charge is -2.17. The molecule has 0 fully saturated rings. The van der Waals surface area contributed by atoms with Gasteiger partial charge in [0.2, 0.25) is 5.95 Å². The van der Waals surface area contributed by atoms with Gasteiger partial charge in [-0.05, 0) is 29.3 Å². The second-order valence-electron chi connectivity index (χ2n) is 5.89. The first-order chi connectivity index (χ1) is 12.6. The minimum atomic E-state index is -0.147. The zero-order valence-electron chi connectivity index (χ0n) is 14.4. The summed E-state index contributed by atoms with van der Waals surface area (Å²) in [4.78, 5) is 22.8. The Labute approximate surface area is 157 Å². The van der Waals surface area contributed by atoms with Crippen LogP contribution in [0.5, 0.6) is 0 Å². The van der Waals surface area contributed by atoms with E-state index in [1.807, 2.05) is 54.6 Å². The summed E-state index contributed by atoms with van der Waals surface area (Å²) in [7, 11) is 1.76. The van der Waals surface area contributed by atoms with Crippen molar-refractivity contribution >= 4 is 23.5 Å². The molecule has 0 spiro atoms. The Morgan fingerprint density at radius 3 is 2.50 bits per heavy atom. The molecular formula is C20H19ClN4O. The predicted molar refractivity (Wildman–Crippen MR) is 103 cm³/mol. The fourth-order valence-electron chi connectivity index (χ4n) is 2.47. The summed E-state index contributed by atoms with van der Waals surface area (Å²) in [5.41, 5.74) is 2.48. The second-order valence-corrected chi connectivity index (χ2v) is 6.33. The first kappa shape index (κ1) is 17.9. The molecule has 0 aliphatic carbocycles. The van der Waals surface area contributed by atoms with E-state index in [4.69, 9.17) is 11.6 Å². The summed E-state index contributed by atoms with van der Waals surface area (Å²) in [6, 6.07) is 19.0. The number of aromatic nitrogens is 2. The molecule has 0 saturated heterocycles. The van der Waals surface area contributed by atoms with Crippen molar-refractivity contribution in [1.29, 1.82) is 0 Å². The molecular weight excluding hydrogens is 348 g/mol. The van der Waals surface area contributed by atoms with Gasteiger partial charge in [0, 0.05) is 31.4 Å². The van der Waals surface area contributed by atoms with Crippen molar-refractivity contribution in [2.75, 3.05) is 12.4 Å². The van der Waals surface area contributed by atoms with Gasteiger partial charge in [0.25, 0.3) is 5.91 Å². The van der Waals surface area contributed by atoms with Gasteiger partial charge in [0.15, 0.2) is 0 Å². The molecule has 1 heterocycles. The van der Waals surface area contributed by atoms with Crippen molar-refractivity contribution in [2.45, 2.75) is 13.1 Å². The van der Waals surface area contributed by atoms with Crippen LogP contribution in [0.4, 0.5) is 5.95 Å². The van der Waals surface area contributed by atoms with E-state index in [-0.39, 0.29) is 5.91 Å². The van der Waals surface area contributed by atoms with E-state index >= 15 is 0 Å². The number of rotatable bonds is 6. The Balaban J connectivity index is 1.64. The minimum Gasteiger partial charge on any atom is -0.350 e. The van der Waals surface area contributed by atoms with Gasteiger partial charge in [-0.25, -0.2) is 9.97 Å². The fraction of sp³-hybridized carbons (Fsp3) is 0.150. The van der Waals surface area contributed by atoms with Gasteiger partial charge >= 0.3 is 0 Å². The summed E-state index contributed by atoms with van der Waals surface area (Å²) in [6.45, 7) is 1.08. The minimum absolute atomic E-state index is 0.147. The lowest BCUT2D eigenvalue weighted by atomic mass is 10.2.